The molecule has 8 heteroatoms. The number of carbonyl (C=O) groups excluding carboxylic acids is 1. The van der Waals surface area contributed by atoms with Crippen molar-refractivity contribution in [3.8, 4) is 0 Å². The van der Waals surface area contributed by atoms with Gasteiger partial charge in [-0.25, -0.2) is 8.78 Å². The number of H-pyrrole nitrogens is 1. The Morgan fingerprint density at radius 1 is 1.35 bits per heavy atom. The van der Waals surface area contributed by atoms with E-state index >= 15 is 0 Å². The average molecular weight is 299 g/mol. The van der Waals surface area contributed by atoms with E-state index in [1.54, 1.807) is 5.38 Å². The van der Waals surface area contributed by atoms with Gasteiger partial charge in [-0.3, -0.25) is 9.59 Å². The van der Waals surface area contributed by atoms with E-state index < -0.39 is 17.5 Å². The molecule has 0 spiro atoms. The van der Waals surface area contributed by atoms with E-state index in [0.717, 1.165) is 23.5 Å². The lowest BCUT2D eigenvalue weighted by atomic mass is 10.1. The summed E-state index contributed by atoms with van der Waals surface area (Å²) in [4.78, 5) is 25.0. The fourth-order valence-electron chi connectivity index (χ4n) is 1.62. The van der Waals surface area contributed by atoms with Gasteiger partial charge in [-0.1, -0.05) is 11.3 Å². The molecule has 1 heterocycles. The number of halogens is 2. The molecule has 20 heavy (non-hydrogen) atoms. The summed E-state index contributed by atoms with van der Waals surface area (Å²) in [6.45, 7) is 0.0780. The lowest BCUT2D eigenvalue weighted by Crippen LogP contribution is -2.23. The molecule has 3 N–H and O–H groups in total. The van der Waals surface area contributed by atoms with Crippen LogP contribution in [0.15, 0.2) is 22.3 Å². The summed E-state index contributed by atoms with van der Waals surface area (Å²) in [5, 5.41) is 6.40. The van der Waals surface area contributed by atoms with Crippen LogP contribution in [0.2, 0.25) is 0 Å². The Kier molecular flexibility index (Phi) is 4.14. The van der Waals surface area contributed by atoms with Gasteiger partial charge in [0.15, 0.2) is 0 Å². The average Bonchev–Trinajstić information content (AvgIpc) is 2.81. The molecule has 0 aliphatic heterocycles. The molecule has 0 unspecified atom stereocenters. The Morgan fingerprint density at radius 2 is 2.00 bits per heavy atom. The van der Waals surface area contributed by atoms with Crippen molar-refractivity contribution in [3.05, 3.63) is 50.1 Å². The van der Waals surface area contributed by atoms with Crippen molar-refractivity contribution >= 4 is 22.9 Å². The number of nitrogens with one attached hydrogen (secondary N) is 3. The maximum atomic E-state index is 13.5. The van der Waals surface area contributed by atoms with E-state index in [1.807, 2.05) is 0 Å². The van der Waals surface area contributed by atoms with Gasteiger partial charge in [-0.15, -0.1) is 0 Å². The standard InChI is InChI=1S/C12H11F2N3O2S/c1-15-10-8(13)2-6(3-9(10)14)11(18)16-4-7-5-20-12(19)17-7/h2-3,5,15H,4H2,1H3,(H,16,18)(H,17,19). The molecule has 1 aromatic carbocycles. The van der Waals surface area contributed by atoms with Crippen LogP contribution in [0.3, 0.4) is 0 Å². The van der Waals surface area contributed by atoms with Crippen LogP contribution in [-0.2, 0) is 6.54 Å². The van der Waals surface area contributed by atoms with Gasteiger partial charge >= 0.3 is 4.87 Å². The minimum absolute atomic E-state index is 0.0780. The highest BCUT2D eigenvalue weighted by atomic mass is 32.1. The monoisotopic (exact) mass is 299 g/mol. The fourth-order valence-corrected chi connectivity index (χ4v) is 2.20. The number of rotatable bonds is 4. The highest BCUT2D eigenvalue weighted by molar-refractivity contribution is 7.07. The van der Waals surface area contributed by atoms with E-state index in [1.165, 1.54) is 7.05 Å². The first-order valence-corrected chi connectivity index (χ1v) is 6.51. The topological polar surface area (TPSA) is 74.0 Å². The molecule has 106 valence electrons. The molecule has 1 aromatic heterocycles. The lowest BCUT2D eigenvalue weighted by molar-refractivity contribution is 0.0949. The zero-order valence-electron chi connectivity index (χ0n) is 10.4. The Labute approximate surface area is 116 Å². The Balaban J connectivity index is 2.11. The van der Waals surface area contributed by atoms with Gasteiger partial charge in [0.25, 0.3) is 5.91 Å². The first kappa shape index (κ1) is 14.2. The number of aromatic nitrogens is 1. The van der Waals surface area contributed by atoms with Gasteiger partial charge in [0.1, 0.15) is 17.3 Å². The van der Waals surface area contributed by atoms with Gasteiger partial charge < -0.3 is 15.6 Å². The predicted octanol–water partition coefficient (Wildman–Crippen LogP) is 1.69. The normalized spacial score (nSPS) is 10.3. The van der Waals surface area contributed by atoms with Crippen LogP contribution in [0, 0.1) is 11.6 Å². The van der Waals surface area contributed by atoms with Crippen LogP contribution in [0.1, 0.15) is 16.1 Å². The summed E-state index contributed by atoms with van der Waals surface area (Å²) in [5.41, 5.74) is 0.112. The van der Waals surface area contributed by atoms with E-state index in [0.29, 0.717) is 5.69 Å². The van der Waals surface area contributed by atoms with Crippen molar-refractivity contribution < 1.29 is 13.6 Å². The second-order valence-electron chi connectivity index (χ2n) is 3.92. The van der Waals surface area contributed by atoms with Crippen molar-refractivity contribution in [1.29, 1.82) is 0 Å². The highest BCUT2D eigenvalue weighted by Gasteiger charge is 2.14. The quantitative estimate of drug-likeness (QED) is 0.804. The minimum Gasteiger partial charge on any atom is -0.383 e. The van der Waals surface area contributed by atoms with E-state index in [-0.39, 0.29) is 22.7 Å². The number of hydrogen-bond donors (Lipinski definition) is 3. The largest absolute Gasteiger partial charge is 0.383 e. The molecule has 5 nitrogen and oxygen atoms in total. The molecular formula is C12H11F2N3O2S. The summed E-state index contributed by atoms with van der Waals surface area (Å²) in [7, 11) is 1.38. The molecule has 2 aromatic rings. The maximum absolute atomic E-state index is 13.5. The van der Waals surface area contributed by atoms with Gasteiger partial charge in [0, 0.05) is 23.7 Å². The SMILES string of the molecule is CNc1c(F)cc(C(=O)NCc2csc(=O)[nH]2)cc1F. The third kappa shape index (κ3) is 3.02. The molecule has 2 rings (SSSR count). The van der Waals surface area contributed by atoms with Gasteiger partial charge in [-0.2, -0.15) is 0 Å². The molecule has 0 radical (unpaired) electrons. The van der Waals surface area contributed by atoms with Crippen LogP contribution in [0.25, 0.3) is 0 Å². The summed E-state index contributed by atoms with van der Waals surface area (Å²) >= 11 is 0.971. The molecule has 0 aliphatic rings. The second-order valence-corrected chi connectivity index (χ2v) is 4.76. The summed E-state index contributed by atoms with van der Waals surface area (Å²) in [6, 6.07) is 1.89. The van der Waals surface area contributed by atoms with Crippen molar-refractivity contribution in [2.24, 2.45) is 0 Å². The van der Waals surface area contributed by atoms with Crippen molar-refractivity contribution in [2.45, 2.75) is 6.54 Å². The van der Waals surface area contributed by atoms with Crippen molar-refractivity contribution in [2.75, 3.05) is 12.4 Å². The lowest BCUT2D eigenvalue weighted by Gasteiger charge is -2.08. The summed E-state index contributed by atoms with van der Waals surface area (Å²) < 4.78 is 27.0. The number of thiazole rings is 1. The number of hydrogen-bond acceptors (Lipinski definition) is 4. The number of carbonyl (C=O) groups is 1. The minimum atomic E-state index is -0.846. The van der Waals surface area contributed by atoms with Crippen LogP contribution in [0.4, 0.5) is 14.5 Å². The molecule has 0 saturated heterocycles. The third-order valence-electron chi connectivity index (χ3n) is 2.56. The maximum Gasteiger partial charge on any atom is 0.304 e. The number of aromatic amines is 1. The van der Waals surface area contributed by atoms with E-state index in [4.69, 9.17) is 0 Å². The van der Waals surface area contributed by atoms with Crippen LogP contribution >= 0.6 is 11.3 Å². The third-order valence-corrected chi connectivity index (χ3v) is 3.28. The smallest absolute Gasteiger partial charge is 0.304 e. The second kappa shape index (κ2) is 5.83. The van der Waals surface area contributed by atoms with E-state index in [9.17, 15) is 18.4 Å². The first-order chi connectivity index (χ1) is 9.51. The molecule has 0 saturated carbocycles. The number of anilines is 1. The molecule has 1 amide bonds. The Morgan fingerprint density at radius 3 is 2.50 bits per heavy atom. The van der Waals surface area contributed by atoms with Crippen molar-refractivity contribution in [1.82, 2.24) is 10.3 Å². The van der Waals surface area contributed by atoms with Crippen LogP contribution in [-0.4, -0.2) is 17.9 Å². The Bertz CT molecular complexity index is 673. The zero-order valence-corrected chi connectivity index (χ0v) is 11.2. The number of amides is 1. The highest BCUT2D eigenvalue weighted by Crippen LogP contribution is 2.20. The molecule has 0 aliphatic carbocycles. The molecule has 0 bridgehead atoms. The van der Waals surface area contributed by atoms with Gasteiger partial charge in [0.2, 0.25) is 0 Å². The van der Waals surface area contributed by atoms with Gasteiger partial charge in [0.05, 0.1) is 6.54 Å². The van der Waals surface area contributed by atoms with Crippen LogP contribution < -0.4 is 15.5 Å². The fraction of sp³-hybridized carbons (Fsp3) is 0.167. The summed E-state index contributed by atoms with van der Waals surface area (Å²) in [6.07, 6.45) is 0. The summed E-state index contributed by atoms with van der Waals surface area (Å²) in [5.74, 6) is -2.32. The zero-order chi connectivity index (χ0) is 14.7. The first-order valence-electron chi connectivity index (χ1n) is 5.63. The van der Waals surface area contributed by atoms with Gasteiger partial charge in [-0.05, 0) is 12.1 Å². The van der Waals surface area contributed by atoms with E-state index in [2.05, 4.69) is 15.6 Å². The molecule has 0 fully saturated rings. The molecule has 0 atom stereocenters. The van der Waals surface area contributed by atoms with Crippen molar-refractivity contribution in [3.63, 3.8) is 0 Å². The van der Waals surface area contributed by atoms with Crippen LogP contribution in [0.5, 0.6) is 0 Å². The Hall–Kier alpha value is -2.22. The number of benzene rings is 1. The molecular weight excluding hydrogens is 288 g/mol. The predicted molar refractivity (Wildman–Crippen MR) is 72.0 cm³/mol.